The topological polar surface area (TPSA) is 77.0 Å². The van der Waals surface area contributed by atoms with E-state index in [0.717, 1.165) is 43.6 Å². The van der Waals surface area contributed by atoms with Crippen LogP contribution in [0, 0.1) is 12.8 Å². The summed E-state index contributed by atoms with van der Waals surface area (Å²) >= 11 is 0. The summed E-state index contributed by atoms with van der Waals surface area (Å²) in [5.41, 5.74) is 2.24. The molecule has 0 saturated carbocycles. The van der Waals surface area contributed by atoms with E-state index in [1.165, 1.54) is 0 Å². The van der Waals surface area contributed by atoms with Crippen LogP contribution in [-0.4, -0.2) is 33.0 Å². The zero-order chi connectivity index (χ0) is 14.4. The van der Waals surface area contributed by atoms with Crippen molar-refractivity contribution in [2.45, 2.75) is 32.7 Å². The minimum atomic E-state index is 0.0164. The molecule has 1 aliphatic heterocycles. The van der Waals surface area contributed by atoms with Gasteiger partial charge in [0.15, 0.2) is 5.82 Å². The summed E-state index contributed by atoms with van der Waals surface area (Å²) in [5.74, 6) is 1.05. The number of aromatic nitrogens is 4. The van der Waals surface area contributed by atoms with Crippen LogP contribution in [0.1, 0.15) is 23.5 Å². The largest absolute Gasteiger partial charge is 0.324 e. The average Bonchev–Trinajstić information content (AvgIpc) is 3.01. The second-order valence-electron chi connectivity index (χ2n) is 5.89. The van der Waals surface area contributed by atoms with Crippen LogP contribution < -0.4 is 10.5 Å². The maximum absolute atomic E-state index is 12.1. The molecule has 1 saturated heterocycles. The summed E-state index contributed by atoms with van der Waals surface area (Å²) in [6.45, 7) is 4.12. The first-order valence-corrected chi connectivity index (χ1v) is 7.34. The van der Waals surface area contributed by atoms with E-state index in [4.69, 9.17) is 4.52 Å². The Balaban J connectivity index is 1.43. The van der Waals surface area contributed by atoms with E-state index < -0.39 is 0 Å². The molecule has 2 aromatic rings. The summed E-state index contributed by atoms with van der Waals surface area (Å²) in [6, 6.07) is 2.32. The fraction of sp³-hybridized carbons (Fsp3) is 0.571. The molecule has 0 N–H and O–H groups in total. The van der Waals surface area contributed by atoms with E-state index in [0.29, 0.717) is 24.3 Å². The van der Waals surface area contributed by atoms with Crippen LogP contribution in [0.4, 0.5) is 6.01 Å². The molecule has 110 valence electrons. The highest BCUT2D eigenvalue weighted by molar-refractivity contribution is 5.30. The maximum atomic E-state index is 12.1. The van der Waals surface area contributed by atoms with Crippen LogP contribution in [0.3, 0.4) is 0 Å². The minimum Gasteiger partial charge on any atom is -0.324 e. The normalized spacial score (nSPS) is 17.9. The minimum absolute atomic E-state index is 0.0164. The van der Waals surface area contributed by atoms with Gasteiger partial charge in [0.05, 0.1) is 12.2 Å². The number of anilines is 1. The second kappa shape index (κ2) is 4.68. The molecule has 2 aliphatic rings. The van der Waals surface area contributed by atoms with Crippen molar-refractivity contribution >= 4 is 6.01 Å². The molecule has 4 rings (SSSR count). The first kappa shape index (κ1) is 12.6. The third-order valence-electron chi connectivity index (χ3n) is 4.20. The molecule has 0 atom stereocenters. The van der Waals surface area contributed by atoms with Gasteiger partial charge in [0.1, 0.15) is 0 Å². The van der Waals surface area contributed by atoms with Crippen LogP contribution in [0.2, 0.25) is 0 Å². The van der Waals surface area contributed by atoms with Gasteiger partial charge in [-0.05, 0) is 31.7 Å². The van der Waals surface area contributed by atoms with Crippen LogP contribution in [0.25, 0.3) is 0 Å². The Morgan fingerprint density at radius 2 is 2.24 bits per heavy atom. The van der Waals surface area contributed by atoms with E-state index in [1.54, 1.807) is 17.7 Å². The highest BCUT2D eigenvalue weighted by Gasteiger charge is 2.31. The van der Waals surface area contributed by atoms with E-state index in [-0.39, 0.29) is 5.56 Å². The van der Waals surface area contributed by atoms with Crippen molar-refractivity contribution in [1.29, 1.82) is 0 Å². The summed E-state index contributed by atoms with van der Waals surface area (Å²) in [7, 11) is 0. The highest BCUT2D eigenvalue weighted by Crippen LogP contribution is 2.24. The molecular formula is C14H17N5O2. The van der Waals surface area contributed by atoms with Gasteiger partial charge < -0.3 is 9.42 Å². The van der Waals surface area contributed by atoms with Crippen molar-refractivity contribution in [3.63, 3.8) is 0 Å². The molecule has 0 unspecified atom stereocenters. The predicted molar refractivity (Wildman–Crippen MR) is 75.3 cm³/mol. The molecule has 0 radical (unpaired) electrons. The van der Waals surface area contributed by atoms with E-state index in [2.05, 4.69) is 15.2 Å². The van der Waals surface area contributed by atoms with Gasteiger partial charge in [0.25, 0.3) is 5.56 Å². The quantitative estimate of drug-likeness (QED) is 0.821. The molecule has 1 aliphatic carbocycles. The zero-order valence-electron chi connectivity index (χ0n) is 11.9. The van der Waals surface area contributed by atoms with Gasteiger partial charge in [-0.15, -0.1) is 0 Å². The van der Waals surface area contributed by atoms with Crippen molar-refractivity contribution in [3.05, 3.63) is 33.5 Å². The Hall–Kier alpha value is -2.18. The van der Waals surface area contributed by atoms with Crippen molar-refractivity contribution in [2.75, 3.05) is 18.0 Å². The number of fused-ring (bicyclic) bond motifs is 1. The summed E-state index contributed by atoms with van der Waals surface area (Å²) < 4.78 is 6.75. The van der Waals surface area contributed by atoms with Crippen molar-refractivity contribution in [3.8, 4) is 0 Å². The summed E-state index contributed by atoms with van der Waals surface area (Å²) in [6.07, 6.45) is 3.10. The number of rotatable bonds is 3. The monoisotopic (exact) mass is 287 g/mol. The first-order chi connectivity index (χ1) is 10.2. The molecular weight excluding hydrogens is 270 g/mol. The van der Waals surface area contributed by atoms with Gasteiger partial charge in [-0.25, -0.2) is 4.68 Å². The van der Waals surface area contributed by atoms with E-state index in [1.807, 2.05) is 4.90 Å². The Morgan fingerprint density at radius 3 is 3.00 bits per heavy atom. The Bertz CT molecular complexity index is 729. The fourth-order valence-electron chi connectivity index (χ4n) is 3.07. The average molecular weight is 287 g/mol. The number of hydrogen-bond acceptors (Lipinski definition) is 6. The van der Waals surface area contributed by atoms with Gasteiger partial charge in [0.2, 0.25) is 0 Å². The second-order valence-corrected chi connectivity index (χ2v) is 5.89. The number of hydrogen-bond donors (Lipinski definition) is 0. The lowest BCUT2D eigenvalue weighted by Gasteiger charge is -2.37. The van der Waals surface area contributed by atoms with Crippen LogP contribution in [-0.2, 0) is 19.4 Å². The lowest BCUT2D eigenvalue weighted by Crippen LogP contribution is -2.50. The van der Waals surface area contributed by atoms with Gasteiger partial charge in [0, 0.05) is 25.1 Å². The smallest absolute Gasteiger partial charge is 0.324 e. The van der Waals surface area contributed by atoms with Crippen molar-refractivity contribution < 1.29 is 4.52 Å². The van der Waals surface area contributed by atoms with Crippen LogP contribution in [0.15, 0.2) is 15.4 Å². The third-order valence-corrected chi connectivity index (χ3v) is 4.20. The predicted octanol–water partition coefficient (Wildman–Crippen LogP) is 0.560. The van der Waals surface area contributed by atoms with Crippen LogP contribution >= 0.6 is 0 Å². The molecule has 7 nitrogen and oxygen atoms in total. The van der Waals surface area contributed by atoms with Gasteiger partial charge in [-0.1, -0.05) is 5.16 Å². The summed E-state index contributed by atoms with van der Waals surface area (Å²) in [4.78, 5) is 18.3. The van der Waals surface area contributed by atoms with E-state index >= 15 is 0 Å². The number of aryl methyl sites for hydroxylation is 3. The van der Waals surface area contributed by atoms with Gasteiger partial charge in [-0.2, -0.15) is 10.1 Å². The lowest BCUT2D eigenvalue weighted by atomic mass is 10.0. The molecule has 0 spiro atoms. The number of nitrogens with zero attached hydrogens (tertiary/aromatic N) is 5. The van der Waals surface area contributed by atoms with Crippen molar-refractivity contribution in [1.82, 2.24) is 19.9 Å². The van der Waals surface area contributed by atoms with Gasteiger partial charge in [-0.3, -0.25) is 4.79 Å². The van der Waals surface area contributed by atoms with Crippen LogP contribution in [0.5, 0.6) is 0 Å². The van der Waals surface area contributed by atoms with E-state index in [9.17, 15) is 4.79 Å². The SMILES string of the molecule is Cc1noc(N2CC(Cn3nc4c(cc3=O)CCC4)C2)n1. The summed E-state index contributed by atoms with van der Waals surface area (Å²) in [5, 5.41) is 8.30. The molecule has 0 aromatic carbocycles. The molecule has 0 bridgehead atoms. The molecule has 2 aromatic heterocycles. The fourth-order valence-corrected chi connectivity index (χ4v) is 3.07. The Morgan fingerprint density at radius 1 is 1.38 bits per heavy atom. The third kappa shape index (κ3) is 2.22. The maximum Gasteiger partial charge on any atom is 0.324 e. The molecule has 1 fully saturated rings. The molecule has 0 amide bonds. The standard InChI is InChI=1S/C14H17N5O2/c1-9-15-14(21-17-9)18-6-10(7-18)8-19-13(20)5-11-3-2-4-12(11)16-19/h5,10H,2-4,6-8H2,1H3. The highest BCUT2D eigenvalue weighted by atomic mass is 16.5. The first-order valence-electron chi connectivity index (χ1n) is 7.34. The Labute approximate surface area is 121 Å². The lowest BCUT2D eigenvalue weighted by molar-refractivity contribution is 0.302. The van der Waals surface area contributed by atoms with Gasteiger partial charge >= 0.3 is 6.01 Å². The molecule has 21 heavy (non-hydrogen) atoms. The Kier molecular flexibility index (Phi) is 2.80. The zero-order valence-corrected chi connectivity index (χ0v) is 11.9. The molecule has 3 heterocycles. The van der Waals surface area contributed by atoms with Crippen molar-refractivity contribution in [2.24, 2.45) is 5.92 Å². The molecule has 7 heteroatoms.